The van der Waals surface area contributed by atoms with Gasteiger partial charge in [-0.25, -0.2) is 4.98 Å². The van der Waals surface area contributed by atoms with E-state index in [4.69, 9.17) is 11.6 Å². The van der Waals surface area contributed by atoms with E-state index in [0.717, 1.165) is 18.7 Å². The Morgan fingerprint density at radius 3 is 3.00 bits per heavy atom. The number of fused-ring (bicyclic) bond motifs is 1. The fraction of sp³-hybridized carbons (Fsp3) is 0.278. The van der Waals surface area contributed by atoms with Crippen molar-refractivity contribution in [2.45, 2.75) is 18.8 Å². The Labute approximate surface area is 148 Å². The van der Waals surface area contributed by atoms with Crippen LogP contribution in [0.25, 0.3) is 10.9 Å². The zero-order valence-corrected chi connectivity index (χ0v) is 14.2. The Bertz CT molecular complexity index is 980. The van der Waals surface area contributed by atoms with Crippen LogP contribution in [0.4, 0.5) is 0 Å². The molecule has 1 aliphatic rings. The van der Waals surface area contributed by atoms with Crippen LogP contribution in [-0.2, 0) is 0 Å². The summed E-state index contributed by atoms with van der Waals surface area (Å²) in [6.45, 7) is 1.21. The molecule has 0 saturated carbocycles. The Morgan fingerprint density at radius 1 is 1.32 bits per heavy atom. The Balaban J connectivity index is 1.64. The van der Waals surface area contributed by atoms with E-state index in [2.05, 4.69) is 15.0 Å². The van der Waals surface area contributed by atoms with Crippen LogP contribution in [0, 0.1) is 0 Å². The normalized spacial score (nSPS) is 17.8. The molecular weight excluding hydrogens is 340 g/mol. The summed E-state index contributed by atoms with van der Waals surface area (Å²) in [6, 6.07) is 4.98. The molecule has 3 heterocycles. The van der Waals surface area contributed by atoms with E-state index in [0.29, 0.717) is 29.0 Å². The number of hydrogen-bond donors (Lipinski definition) is 2. The minimum Gasteiger partial charge on any atom is -0.360 e. The van der Waals surface area contributed by atoms with Gasteiger partial charge in [-0.3, -0.25) is 9.59 Å². The van der Waals surface area contributed by atoms with E-state index in [1.165, 1.54) is 6.20 Å². The highest BCUT2D eigenvalue weighted by Gasteiger charge is 2.28. The molecule has 6 nitrogen and oxygen atoms in total. The number of benzene rings is 1. The lowest BCUT2D eigenvalue weighted by Crippen LogP contribution is -2.41. The number of hydrogen-bond acceptors (Lipinski definition) is 3. The predicted octanol–water partition coefficient (Wildman–Crippen LogP) is 2.92. The summed E-state index contributed by atoms with van der Waals surface area (Å²) in [4.78, 5) is 37.8. The molecule has 1 atom stereocenters. The molecule has 0 spiro atoms. The fourth-order valence-corrected chi connectivity index (χ4v) is 3.58. The van der Waals surface area contributed by atoms with Crippen molar-refractivity contribution in [3.63, 3.8) is 0 Å². The first-order chi connectivity index (χ1) is 12.1. The largest absolute Gasteiger partial charge is 0.360 e. The van der Waals surface area contributed by atoms with Crippen molar-refractivity contribution < 1.29 is 4.79 Å². The van der Waals surface area contributed by atoms with Gasteiger partial charge in [0.25, 0.3) is 5.91 Å². The van der Waals surface area contributed by atoms with Gasteiger partial charge in [-0.15, -0.1) is 0 Å². The number of rotatable bonds is 2. The van der Waals surface area contributed by atoms with Crippen molar-refractivity contribution in [3.05, 3.63) is 63.4 Å². The topological polar surface area (TPSA) is 81.8 Å². The molecule has 2 aromatic heterocycles. The molecule has 7 heteroatoms. The van der Waals surface area contributed by atoms with Crippen LogP contribution in [0.15, 0.2) is 41.6 Å². The standard InChI is InChI=1S/C18H17ClN4O2/c19-12-3-4-13-15(8-12)22-9-14(16(13)24)18(25)23-7-1-2-11(10-23)17-20-5-6-21-17/h3-6,8-9,11H,1-2,7,10H2,(H,20,21)(H,22,24)/t11-/m0/s1. The number of amides is 1. The first-order valence-corrected chi connectivity index (χ1v) is 8.61. The van der Waals surface area contributed by atoms with E-state index in [1.54, 1.807) is 35.5 Å². The van der Waals surface area contributed by atoms with E-state index in [9.17, 15) is 9.59 Å². The third-order valence-corrected chi connectivity index (χ3v) is 4.92. The van der Waals surface area contributed by atoms with Crippen LogP contribution in [0.1, 0.15) is 34.9 Å². The molecule has 0 bridgehead atoms. The molecule has 0 radical (unpaired) electrons. The number of pyridine rings is 1. The maximum Gasteiger partial charge on any atom is 0.259 e. The summed E-state index contributed by atoms with van der Waals surface area (Å²) in [5.41, 5.74) is 0.520. The van der Waals surface area contributed by atoms with Gasteiger partial charge in [0, 0.05) is 48.0 Å². The molecule has 128 valence electrons. The van der Waals surface area contributed by atoms with Gasteiger partial charge in [0.05, 0.1) is 5.52 Å². The summed E-state index contributed by atoms with van der Waals surface area (Å²) in [5.74, 6) is 0.819. The number of carbonyl (C=O) groups is 1. The van der Waals surface area contributed by atoms with Gasteiger partial charge in [0.15, 0.2) is 0 Å². The van der Waals surface area contributed by atoms with Gasteiger partial charge in [0.2, 0.25) is 5.43 Å². The van der Waals surface area contributed by atoms with Crippen LogP contribution >= 0.6 is 11.6 Å². The predicted molar refractivity (Wildman–Crippen MR) is 96.0 cm³/mol. The Morgan fingerprint density at radius 2 is 2.20 bits per heavy atom. The van der Waals surface area contributed by atoms with Crippen LogP contribution in [-0.4, -0.2) is 38.8 Å². The highest BCUT2D eigenvalue weighted by molar-refractivity contribution is 6.31. The van der Waals surface area contributed by atoms with Gasteiger partial charge in [-0.05, 0) is 31.0 Å². The lowest BCUT2D eigenvalue weighted by molar-refractivity contribution is 0.0703. The molecule has 3 aromatic rings. The average molecular weight is 357 g/mol. The van der Waals surface area contributed by atoms with Gasteiger partial charge >= 0.3 is 0 Å². The van der Waals surface area contributed by atoms with Crippen LogP contribution in [0.3, 0.4) is 0 Å². The maximum absolute atomic E-state index is 12.9. The molecule has 1 aromatic carbocycles. The number of likely N-dealkylation sites (tertiary alicyclic amines) is 1. The summed E-state index contributed by atoms with van der Waals surface area (Å²) in [6.07, 6.45) is 6.85. The quantitative estimate of drug-likeness (QED) is 0.740. The summed E-state index contributed by atoms with van der Waals surface area (Å²) >= 11 is 5.95. The van der Waals surface area contributed by atoms with Crippen molar-refractivity contribution in [1.82, 2.24) is 19.9 Å². The number of nitrogens with zero attached hydrogens (tertiary/aromatic N) is 2. The number of piperidine rings is 1. The molecule has 0 unspecified atom stereocenters. The van der Waals surface area contributed by atoms with Gasteiger partial charge in [-0.2, -0.15) is 0 Å². The Kier molecular flexibility index (Phi) is 4.05. The van der Waals surface area contributed by atoms with Crippen molar-refractivity contribution in [2.24, 2.45) is 0 Å². The summed E-state index contributed by atoms with van der Waals surface area (Å²) in [5, 5.41) is 1.01. The molecule has 1 amide bonds. The number of halogens is 1. The highest BCUT2D eigenvalue weighted by atomic mass is 35.5. The van der Waals surface area contributed by atoms with E-state index >= 15 is 0 Å². The molecule has 1 fully saturated rings. The summed E-state index contributed by atoms with van der Waals surface area (Å²) in [7, 11) is 0. The number of imidazole rings is 1. The third kappa shape index (κ3) is 2.93. The van der Waals surface area contributed by atoms with Crippen molar-refractivity contribution in [3.8, 4) is 0 Å². The van der Waals surface area contributed by atoms with Crippen LogP contribution in [0.2, 0.25) is 5.02 Å². The molecule has 4 rings (SSSR count). The highest BCUT2D eigenvalue weighted by Crippen LogP contribution is 2.25. The number of H-pyrrole nitrogens is 2. The molecule has 25 heavy (non-hydrogen) atoms. The Hall–Kier alpha value is -2.60. The lowest BCUT2D eigenvalue weighted by atomic mass is 9.96. The monoisotopic (exact) mass is 356 g/mol. The zero-order chi connectivity index (χ0) is 17.4. The number of aromatic amines is 2. The van der Waals surface area contributed by atoms with Crippen molar-refractivity contribution in [1.29, 1.82) is 0 Å². The SMILES string of the molecule is O=C(c1c[nH]c2cc(Cl)ccc2c1=O)N1CCC[C@H](c2ncc[nH]2)C1. The average Bonchev–Trinajstić information content (AvgIpc) is 3.16. The molecular formula is C18H17ClN4O2. The lowest BCUT2D eigenvalue weighted by Gasteiger charge is -2.31. The molecule has 2 N–H and O–H groups in total. The molecule has 1 saturated heterocycles. The fourth-order valence-electron chi connectivity index (χ4n) is 3.41. The smallest absolute Gasteiger partial charge is 0.259 e. The van der Waals surface area contributed by atoms with Gasteiger partial charge < -0.3 is 14.9 Å². The first kappa shape index (κ1) is 15.9. The minimum atomic E-state index is -0.268. The minimum absolute atomic E-state index is 0.162. The zero-order valence-electron chi connectivity index (χ0n) is 13.5. The van der Waals surface area contributed by atoms with Gasteiger partial charge in [0.1, 0.15) is 11.4 Å². The number of nitrogens with one attached hydrogen (secondary N) is 2. The molecule has 0 aliphatic carbocycles. The van der Waals surface area contributed by atoms with E-state index in [-0.39, 0.29) is 22.8 Å². The summed E-state index contributed by atoms with van der Waals surface area (Å²) < 4.78 is 0. The van der Waals surface area contributed by atoms with E-state index in [1.807, 2.05) is 0 Å². The second-order valence-corrected chi connectivity index (χ2v) is 6.72. The number of carbonyl (C=O) groups excluding carboxylic acids is 1. The third-order valence-electron chi connectivity index (χ3n) is 4.69. The van der Waals surface area contributed by atoms with Crippen molar-refractivity contribution in [2.75, 3.05) is 13.1 Å². The maximum atomic E-state index is 12.9. The number of aromatic nitrogens is 3. The van der Waals surface area contributed by atoms with Crippen LogP contribution in [0.5, 0.6) is 0 Å². The second-order valence-electron chi connectivity index (χ2n) is 6.29. The van der Waals surface area contributed by atoms with Crippen LogP contribution < -0.4 is 5.43 Å². The second kappa shape index (κ2) is 6.37. The van der Waals surface area contributed by atoms with E-state index < -0.39 is 0 Å². The first-order valence-electron chi connectivity index (χ1n) is 8.23. The van der Waals surface area contributed by atoms with Gasteiger partial charge in [-0.1, -0.05) is 11.6 Å². The van der Waals surface area contributed by atoms with Crippen molar-refractivity contribution >= 4 is 28.4 Å². The molecule has 1 aliphatic heterocycles.